The Kier molecular flexibility index (Phi) is 4.11. The maximum absolute atomic E-state index is 13.7. The van der Waals surface area contributed by atoms with Crippen LogP contribution in [0.3, 0.4) is 0 Å². The summed E-state index contributed by atoms with van der Waals surface area (Å²) in [4.78, 5) is 4.12. The molecule has 0 fully saturated rings. The number of nitrogens with zero attached hydrogens (tertiary/aromatic N) is 1. The van der Waals surface area contributed by atoms with Crippen LogP contribution in [0, 0.1) is 11.2 Å². The second-order valence-electron chi connectivity index (χ2n) is 3.82. The third-order valence-corrected chi connectivity index (χ3v) is 2.88. The van der Waals surface area contributed by atoms with E-state index < -0.39 is 5.82 Å². The van der Waals surface area contributed by atoms with Crippen molar-refractivity contribution in [1.82, 2.24) is 4.98 Å². The number of halogens is 2. The summed E-state index contributed by atoms with van der Waals surface area (Å²) in [6.07, 6.45) is 1.65. The Balaban J connectivity index is 2.07. The van der Waals surface area contributed by atoms with Crippen LogP contribution in [-0.4, -0.2) is 10.8 Å². The zero-order valence-electron chi connectivity index (χ0n) is 9.86. The highest BCUT2D eigenvalue weighted by Gasteiger charge is 2.07. The van der Waals surface area contributed by atoms with Crippen molar-refractivity contribution in [2.45, 2.75) is 6.61 Å². The monoisotopic (exact) mass is 323 g/mol. The fourth-order valence-electron chi connectivity index (χ4n) is 1.43. The molecule has 6 heteroatoms. The van der Waals surface area contributed by atoms with Gasteiger partial charge in [-0.1, -0.05) is 0 Å². The molecule has 0 radical (unpaired) electrons. The highest BCUT2D eigenvalue weighted by molar-refractivity contribution is 9.10. The fourth-order valence-corrected chi connectivity index (χ4v) is 1.66. The Bertz CT molecular complexity index is 601. The summed E-state index contributed by atoms with van der Waals surface area (Å²) in [5, 5.41) is 7.21. The number of pyridine rings is 1. The van der Waals surface area contributed by atoms with E-state index in [1.807, 2.05) is 6.07 Å². The maximum atomic E-state index is 13.7. The first kappa shape index (κ1) is 13.5. The van der Waals surface area contributed by atoms with Crippen LogP contribution in [0.2, 0.25) is 0 Å². The number of nitrogens with two attached hydrogens (primary N) is 1. The molecular formula is C13H11BrFN3O. The smallest absolute Gasteiger partial charge is 0.165 e. The van der Waals surface area contributed by atoms with Crippen molar-refractivity contribution in [2.24, 2.45) is 5.73 Å². The van der Waals surface area contributed by atoms with Crippen LogP contribution in [0.1, 0.15) is 11.3 Å². The molecule has 19 heavy (non-hydrogen) atoms. The van der Waals surface area contributed by atoms with Gasteiger partial charge < -0.3 is 10.5 Å². The van der Waals surface area contributed by atoms with E-state index in [2.05, 4.69) is 20.9 Å². The number of hydrogen-bond donors (Lipinski definition) is 2. The van der Waals surface area contributed by atoms with Crippen molar-refractivity contribution in [1.29, 1.82) is 5.41 Å². The molecule has 0 unspecified atom stereocenters. The van der Waals surface area contributed by atoms with Crippen LogP contribution in [-0.2, 0) is 6.61 Å². The topological polar surface area (TPSA) is 72.0 Å². The molecule has 0 aliphatic carbocycles. The lowest BCUT2D eigenvalue weighted by Gasteiger charge is -2.08. The number of amidine groups is 1. The molecule has 0 atom stereocenters. The van der Waals surface area contributed by atoms with Gasteiger partial charge in [0.15, 0.2) is 11.6 Å². The molecule has 0 amide bonds. The molecular weight excluding hydrogens is 313 g/mol. The Hall–Kier alpha value is -1.95. The number of rotatable bonds is 4. The van der Waals surface area contributed by atoms with Gasteiger partial charge in [-0.15, -0.1) is 0 Å². The average molecular weight is 324 g/mol. The van der Waals surface area contributed by atoms with E-state index in [9.17, 15) is 4.39 Å². The minimum Gasteiger partial charge on any atom is -0.484 e. The molecule has 0 bridgehead atoms. The number of aromatic nitrogens is 1. The average Bonchev–Trinajstić information content (AvgIpc) is 2.39. The molecule has 0 saturated heterocycles. The standard InChI is InChI=1S/C13H11BrFN3O/c14-9-2-3-10(18-6-9)7-19-12-4-1-8(13(16)17)5-11(12)15/h1-6H,7H2,(H3,16,17). The Morgan fingerprint density at radius 1 is 1.37 bits per heavy atom. The predicted molar refractivity (Wildman–Crippen MR) is 73.7 cm³/mol. The second kappa shape index (κ2) is 5.79. The first-order valence-corrected chi connectivity index (χ1v) is 6.23. The number of nitrogen functional groups attached to an aromatic ring is 1. The summed E-state index contributed by atoms with van der Waals surface area (Å²) in [5.74, 6) is -0.625. The van der Waals surface area contributed by atoms with Crippen molar-refractivity contribution in [3.05, 3.63) is 58.1 Å². The van der Waals surface area contributed by atoms with Gasteiger partial charge in [0.25, 0.3) is 0 Å². The van der Waals surface area contributed by atoms with Gasteiger partial charge in [0.05, 0.1) is 5.69 Å². The molecule has 2 rings (SSSR count). The van der Waals surface area contributed by atoms with E-state index in [1.54, 1.807) is 12.3 Å². The van der Waals surface area contributed by atoms with Crippen molar-refractivity contribution >= 4 is 21.8 Å². The lowest BCUT2D eigenvalue weighted by atomic mass is 10.2. The Morgan fingerprint density at radius 3 is 2.74 bits per heavy atom. The quantitative estimate of drug-likeness (QED) is 0.671. The minimum absolute atomic E-state index is 0.106. The van der Waals surface area contributed by atoms with Gasteiger partial charge in [-0.25, -0.2) is 4.39 Å². The van der Waals surface area contributed by atoms with Crippen molar-refractivity contribution in [2.75, 3.05) is 0 Å². The van der Waals surface area contributed by atoms with E-state index in [4.69, 9.17) is 15.9 Å². The highest BCUT2D eigenvalue weighted by Crippen LogP contribution is 2.19. The van der Waals surface area contributed by atoms with Crippen LogP contribution in [0.15, 0.2) is 41.0 Å². The number of ether oxygens (including phenoxy) is 1. The number of nitrogens with one attached hydrogen (secondary N) is 1. The van der Waals surface area contributed by atoms with Gasteiger partial charge in [0, 0.05) is 16.2 Å². The zero-order chi connectivity index (χ0) is 13.8. The molecule has 98 valence electrons. The summed E-state index contributed by atoms with van der Waals surface area (Å²) >= 11 is 3.28. The van der Waals surface area contributed by atoms with Gasteiger partial charge >= 0.3 is 0 Å². The van der Waals surface area contributed by atoms with Crippen molar-refractivity contribution in [3.63, 3.8) is 0 Å². The number of benzene rings is 1. The second-order valence-corrected chi connectivity index (χ2v) is 4.73. The Morgan fingerprint density at radius 2 is 2.16 bits per heavy atom. The van der Waals surface area contributed by atoms with E-state index in [0.717, 1.165) is 4.47 Å². The molecule has 0 aliphatic rings. The third-order valence-electron chi connectivity index (χ3n) is 2.41. The molecule has 0 saturated carbocycles. The third kappa shape index (κ3) is 3.51. The largest absolute Gasteiger partial charge is 0.484 e. The summed E-state index contributed by atoms with van der Waals surface area (Å²) in [5.41, 5.74) is 6.29. The van der Waals surface area contributed by atoms with Crippen LogP contribution in [0.5, 0.6) is 5.75 Å². The molecule has 0 aliphatic heterocycles. The maximum Gasteiger partial charge on any atom is 0.165 e. The van der Waals surface area contributed by atoms with E-state index in [0.29, 0.717) is 11.3 Å². The lowest BCUT2D eigenvalue weighted by Crippen LogP contribution is -2.11. The Labute approximate surface area is 118 Å². The van der Waals surface area contributed by atoms with E-state index in [1.165, 1.54) is 18.2 Å². The summed E-state index contributed by atoms with van der Waals surface area (Å²) in [6.45, 7) is 0.170. The normalized spacial score (nSPS) is 10.2. The predicted octanol–water partition coefficient (Wildman–Crippen LogP) is 2.85. The van der Waals surface area contributed by atoms with Crippen LogP contribution >= 0.6 is 15.9 Å². The minimum atomic E-state index is -0.551. The number of hydrogen-bond acceptors (Lipinski definition) is 3. The van der Waals surface area contributed by atoms with Crippen molar-refractivity contribution in [3.8, 4) is 5.75 Å². The van der Waals surface area contributed by atoms with Gasteiger partial charge in [-0.3, -0.25) is 10.4 Å². The van der Waals surface area contributed by atoms with Gasteiger partial charge in [0.1, 0.15) is 12.4 Å². The molecule has 3 N–H and O–H groups in total. The van der Waals surface area contributed by atoms with Gasteiger partial charge in [-0.2, -0.15) is 0 Å². The fraction of sp³-hybridized carbons (Fsp3) is 0.0769. The van der Waals surface area contributed by atoms with E-state index in [-0.39, 0.29) is 18.2 Å². The zero-order valence-corrected chi connectivity index (χ0v) is 11.4. The van der Waals surface area contributed by atoms with Crippen LogP contribution < -0.4 is 10.5 Å². The molecule has 1 heterocycles. The molecule has 1 aromatic carbocycles. The van der Waals surface area contributed by atoms with Gasteiger partial charge in [-0.05, 0) is 46.3 Å². The first-order chi connectivity index (χ1) is 9.06. The highest BCUT2D eigenvalue weighted by atomic mass is 79.9. The van der Waals surface area contributed by atoms with E-state index >= 15 is 0 Å². The SMILES string of the molecule is N=C(N)c1ccc(OCc2ccc(Br)cn2)c(F)c1. The lowest BCUT2D eigenvalue weighted by molar-refractivity contribution is 0.286. The molecule has 4 nitrogen and oxygen atoms in total. The van der Waals surface area contributed by atoms with Gasteiger partial charge in [0.2, 0.25) is 0 Å². The molecule has 1 aromatic heterocycles. The molecule has 0 spiro atoms. The van der Waals surface area contributed by atoms with Crippen LogP contribution in [0.4, 0.5) is 4.39 Å². The van der Waals surface area contributed by atoms with Crippen molar-refractivity contribution < 1.29 is 9.13 Å². The molecule has 2 aromatic rings. The summed E-state index contributed by atoms with van der Waals surface area (Å²) < 4.78 is 19.9. The summed E-state index contributed by atoms with van der Waals surface area (Å²) in [6, 6.07) is 7.78. The summed E-state index contributed by atoms with van der Waals surface area (Å²) in [7, 11) is 0. The first-order valence-electron chi connectivity index (χ1n) is 5.43. The van der Waals surface area contributed by atoms with Crippen LogP contribution in [0.25, 0.3) is 0 Å².